The summed E-state index contributed by atoms with van der Waals surface area (Å²) in [6.45, 7) is 3.09. The van der Waals surface area contributed by atoms with E-state index in [9.17, 15) is 23.2 Å². The number of anilines is 1. The Kier molecular flexibility index (Phi) is 5.58. The average molecular weight is 402 g/mol. The van der Waals surface area contributed by atoms with Crippen molar-refractivity contribution in [3.63, 3.8) is 0 Å². The molecule has 0 atom stereocenters. The number of hydrogen-bond donors (Lipinski definition) is 1. The molecule has 0 bridgehead atoms. The molecular formula is C20H20F2N4O3. The number of alkyl halides is 2. The Morgan fingerprint density at radius 1 is 1.21 bits per heavy atom. The van der Waals surface area contributed by atoms with Gasteiger partial charge in [-0.05, 0) is 38.1 Å². The molecule has 0 saturated carbocycles. The van der Waals surface area contributed by atoms with E-state index >= 15 is 0 Å². The minimum atomic E-state index is -2.80. The number of benzene rings is 1. The number of Topliss-reactive ketones (excluding diaryl/α,β-unsaturated/α-hetero) is 1. The molecule has 0 aliphatic rings. The van der Waals surface area contributed by atoms with Gasteiger partial charge in [-0.25, -0.2) is 8.78 Å². The van der Waals surface area contributed by atoms with Crippen molar-refractivity contribution in [2.24, 2.45) is 7.05 Å². The summed E-state index contributed by atoms with van der Waals surface area (Å²) in [6, 6.07) is 7.33. The van der Waals surface area contributed by atoms with E-state index in [2.05, 4.69) is 10.4 Å². The van der Waals surface area contributed by atoms with E-state index < -0.39 is 12.0 Å². The van der Waals surface area contributed by atoms with Crippen LogP contribution in [-0.2, 0) is 18.4 Å². The number of amides is 1. The van der Waals surface area contributed by atoms with Crippen LogP contribution in [0.5, 0.6) is 0 Å². The number of pyridine rings is 1. The molecular weight excluding hydrogens is 382 g/mol. The van der Waals surface area contributed by atoms with Crippen molar-refractivity contribution >= 4 is 28.4 Å². The Morgan fingerprint density at radius 3 is 2.45 bits per heavy atom. The third-order valence-electron chi connectivity index (χ3n) is 4.78. The zero-order valence-corrected chi connectivity index (χ0v) is 16.2. The first kappa shape index (κ1) is 20.4. The lowest BCUT2D eigenvalue weighted by Gasteiger charge is -2.10. The van der Waals surface area contributed by atoms with Gasteiger partial charge in [0.05, 0.1) is 0 Å². The van der Waals surface area contributed by atoms with Crippen LogP contribution in [0.1, 0.15) is 41.4 Å². The molecule has 2 heterocycles. The maximum atomic E-state index is 13.4. The van der Waals surface area contributed by atoms with Crippen molar-refractivity contribution in [1.82, 2.24) is 14.3 Å². The Bertz CT molecular complexity index is 1150. The highest BCUT2D eigenvalue weighted by atomic mass is 19.3. The van der Waals surface area contributed by atoms with Crippen LogP contribution in [-0.4, -0.2) is 26.0 Å². The maximum Gasteiger partial charge on any atom is 0.264 e. The maximum absolute atomic E-state index is 13.4. The SMILES string of the molecule is CC(=O)c1ccc(NC(=O)CCn2c(=O)cc(C(F)F)c3c(C)n(C)nc32)cc1. The van der Waals surface area contributed by atoms with Crippen LogP contribution in [0.15, 0.2) is 35.1 Å². The molecule has 29 heavy (non-hydrogen) atoms. The van der Waals surface area contributed by atoms with Crippen molar-refractivity contribution in [2.75, 3.05) is 5.32 Å². The highest BCUT2D eigenvalue weighted by Crippen LogP contribution is 2.28. The van der Waals surface area contributed by atoms with Crippen molar-refractivity contribution in [3.8, 4) is 0 Å². The number of ketones is 1. The van der Waals surface area contributed by atoms with Gasteiger partial charge in [-0.1, -0.05) is 0 Å². The average Bonchev–Trinajstić information content (AvgIpc) is 2.95. The molecule has 9 heteroatoms. The van der Waals surface area contributed by atoms with E-state index in [1.54, 1.807) is 38.2 Å². The van der Waals surface area contributed by atoms with Gasteiger partial charge in [0.1, 0.15) is 0 Å². The summed E-state index contributed by atoms with van der Waals surface area (Å²) in [4.78, 5) is 35.9. The summed E-state index contributed by atoms with van der Waals surface area (Å²) in [5, 5.41) is 7.09. The predicted octanol–water partition coefficient (Wildman–Crippen LogP) is 3.21. The van der Waals surface area contributed by atoms with Crippen LogP contribution in [0.3, 0.4) is 0 Å². The van der Waals surface area contributed by atoms with E-state index in [0.717, 1.165) is 6.07 Å². The summed E-state index contributed by atoms with van der Waals surface area (Å²) in [5.41, 5.74) is 0.692. The molecule has 2 aromatic heterocycles. The number of nitrogens with one attached hydrogen (secondary N) is 1. The van der Waals surface area contributed by atoms with E-state index in [-0.39, 0.29) is 41.3 Å². The zero-order valence-electron chi connectivity index (χ0n) is 16.2. The van der Waals surface area contributed by atoms with Gasteiger partial charge in [0.15, 0.2) is 11.4 Å². The Labute approximate surface area is 164 Å². The number of carbonyl (C=O) groups is 2. The minimum Gasteiger partial charge on any atom is -0.326 e. The van der Waals surface area contributed by atoms with Gasteiger partial charge in [0.25, 0.3) is 12.0 Å². The summed E-state index contributed by atoms with van der Waals surface area (Å²) in [5.74, 6) is -0.435. The summed E-state index contributed by atoms with van der Waals surface area (Å²) in [6.07, 6.45) is -2.85. The van der Waals surface area contributed by atoms with E-state index in [1.807, 2.05) is 0 Å². The van der Waals surface area contributed by atoms with Crippen molar-refractivity contribution < 1.29 is 18.4 Å². The third kappa shape index (κ3) is 4.08. The molecule has 0 aliphatic carbocycles. The number of hydrogen-bond acceptors (Lipinski definition) is 4. The molecule has 1 N–H and O–H groups in total. The van der Waals surface area contributed by atoms with Gasteiger partial charge in [0.2, 0.25) is 5.91 Å². The fourth-order valence-electron chi connectivity index (χ4n) is 3.12. The first-order valence-corrected chi connectivity index (χ1v) is 8.95. The number of fused-ring (bicyclic) bond motifs is 1. The Morgan fingerprint density at radius 2 is 1.86 bits per heavy atom. The molecule has 1 amide bonds. The fraction of sp³-hybridized carbons (Fsp3) is 0.300. The van der Waals surface area contributed by atoms with E-state index in [1.165, 1.54) is 16.2 Å². The lowest BCUT2D eigenvalue weighted by atomic mass is 10.1. The molecule has 0 aliphatic heterocycles. The van der Waals surface area contributed by atoms with Crippen LogP contribution in [0, 0.1) is 6.92 Å². The van der Waals surface area contributed by atoms with Gasteiger partial charge in [-0.15, -0.1) is 0 Å². The van der Waals surface area contributed by atoms with Gasteiger partial charge in [-0.3, -0.25) is 23.6 Å². The second-order valence-electron chi connectivity index (χ2n) is 6.73. The molecule has 0 unspecified atom stereocenters. The number of nitrogens with zero attached hydrogens (tertiary/aromatic N) is 3. The first-order valence-electron chi connectivity index (χ1n) is 8.95. The van der Waals surface area contributed by atoms with Gasteiger partial charge >= 0.3 is 0 Å². The monoisotopic (exact) mass is 402 g/mol. The molecule has 3 aromatic rings. The molecule has 0 fully saturated rings. The van der Waals surface area contributed by atoms with E-state index in [0.29, 0.717) is 16.9 Å². The van der Waals surface area contributed by atoms with Crippen molar-refractivity contribution in [1.29, 1.82) is 0 Å². The second kappa shape index (κ2) is 7.94. The number of aromatic nitrogens is 3. The number of aryl methyl sites for hydroxylation is 3. The fourth-order valence-corrected chi connectivity index (χ4v) is 3.12. The van der Waals surface area contributed by atoms with Crippen LogP contribution in [0.25, 0.3) is 11.0 Å². The van der Waals surface area contributed by atoms with Crippen LogP contribution >= 0.6 is 0 Å². The number of rotatable bonds is 6. The molecule has 0 saturated heterocycles. The largest absolute Gasteiger partial charge is 0.326 e. The lowest BCUT2D eigenvalue weighted by Crippen LogP contribution is -2.24. The number of carbonyl (C=O) groups excluding carboxylic acids is 2. The Hall–Kier alpha value is -3.36. The second-order valence-corrected chi connectivity index (χ2v) is 6.73. The van der Waals surface area contributed by atoms with Crippen molar-refractivity contribution in [2.45, 2.75) is 33.2 Å². The quantitative estimate of drug-likeness (QED) is 0.642. The highest BCUT2D eigenvalue weighted by Gasteiger charge is 2.21. The predicted molar refractivity (Wildman–Crippen MR) is 104 cm³/mol. The molecule has 3 rings (SSSR count). The standard InChI is InChI=1S/C20H20F2N4O3/c1-11-18-15(19(21)22)10-17(29)26(20(18)24-25(11)3)9-8-16(28)23-14-6-4-13(5-7-14)12(2)27/h4-7,10,19H,8-9H2,1-3H3,(H,23,28). The highest BCUT2D eigenvalue weighted by molar-refractivity contribution is 5.95. The lowest BCUT2D eigenvalue weighted by molar-refractivity contribution is -0.116. The third-order valence-corrected chi connectivity index (χ3v) is 4.78. The van der Waals surface area contributed by atoms with Crippen LogP contribution in [0.4, 0.5) is 14.5 Å². The van der Waals surface area contributed by atoms with Crippen LogP contribution in [0.2, 0.25) is 0 Å². The molecule has 0 spiro atoms. The first-order chi connectivity index (χ1) is 13.7. The Balaban J connectivity index is 1.81. The molecule has 7 nitrogen and oxygen atoms in total. The molecule has 0 radical (unpaired) electrons. The topological polar surface area (TPSA) is 86.0 Å². The number of halogens is 2. The van der Waals surface area contributed by atoms with Crippen molar-refractivity contribution in [3.05, 3.63) is 57.5 Å². The molecule has 1 aromatic carbocycles. The normalized spacial score (nSPS) is 11.2. The van der Waals surface area contributed by atoms with E-state index in [4.69, 9.17) is 0 Å². The van der Waals surface area contributed by atoms with Gasteiger partial charge in [0, 0.05) is 54.0 Å². The molecule has 152 valence electrons. The van der Waals surface area contributed by atoms with Gasteiger partial charge < -0.3 is 5.32 Å². The smallest absolute Gasteiger partial charge is 0.264 e. The summed E-state index contributed by atoms with van der Waals surface area (Å²) >= 11 is 0. The minimum absolute atomic E-state index is 0.00727. The van der Waals surface area contributed by atoms with Crippen LogP contribution < -0.4 is 10.9 Å². The summed E-state index contributed by atoms with van der Waals surface area (Å²) < 4.78 is 29.4. The van der Waals surface area contributed by atoms with Gasteiger partial charge in [-0.2, -0.15) is 5.10 Å². The zero-order chi connectivity index (χ0) is 21.3. The summed E-state index contributed by atoms with van der Waals surface area (Å²) in [7, 11) is 1.61.